The molecular weight excluding hydrogens is 377 g/mol. The highest BCUT2D eigenvalue weighted by molar-refractivity contribution is 5.89. The summed E-state index contributed by atoms with van der Waals surface area (Å²) in [6.45, 7) is 2.42. The Labute approximate surface area is 176 Å². The average molecular weight is 401 g/mol. The SMILES string of the molecule is COC(=O)c1ccc2c(c1)CN(C/C(=C\c1ccccc1)c1ccc(F)cc1)CC2. The molecule has 1 heterocycles. The van der Waals surface area contributed by atoms with E-state index in [2.05, 4.69) is 23.1 Å². The Morgan fingerprint density at radius 1 is 1.00 bits per heavy atom. The van der Waals surface area contributed by atoms with Crippen molar-refractivity contribution >= 4 is 17.6 Å². The lowest BCUT2D eigenvalue weighted by Crippen LogP contribution is -2.32. The number of ether oxygens (including phenoxy) is 1. The average Bonchev–Trinajstić information content (AvgIpc) is 2.79. The molecule has 0 aliphatic carbocycles. The van der Waals surface area contributed by atoms with Crippen LogP contribution in [0.3, 0.4) is 0 Å². The van der Waals surface area contributed by atoms with Crippen LogP contribution in [0.2, 0.25) is 0 Å². The molecule has 0 spiro atoms. The lowest BCUT2D eigenvalue weighted by atomic mass is 9.96. The highest BCUT2D eigenvalue weighted by Gasteiger charge is 2.19. The molecule has 0 N–H and O–H groups in total. The third-order valence-electron chi connectivity index (χ3n) is 5.47. The van der Waals surface area contributed by atoms with Crippen LogP contribution in [-0.4, -0.2) is 31.1 Å². The van der Waals surface area contributed by atoms with Gasteiger partial charge in [0.15, 0.2) is 0 Å². The number of benzene rings is 3. The second-order valence-corrected chi connectivity index (χ2v) is 7.52. The minimum atomic E-state index is -0.314. The van der Waals surface area contributed by atoms with Gasteiger partial charge in [-0.25, -0.2) is 9.18 Å². The first-order chi connectivity index (χ1) is 14.6. The van der Waals surface area contributed by atoms with Crippen LogP contribution in [0, 0.1) is 5.82 Å². The third kappa shape index (κ3) is 4.66. The fourth-order valence-corrected chi connectivity index (χ4v) is 3.87. The van der Waals surface area contributed by atoms with Crippen LogP contribution >= 0.6 is 0 Å². The van der Waals surface area contributed by atoms with E-state index in [1.54, 1.807) is 0 Å². The van der Waals surface area contributed by atoms with E-state index in [9.17, 15) is 9.18 Å². The molecule has 0 atom stereocenters. The van der Waals surface area contributed by atoms with Crippen LogP contribution in [-0.2, 0) is 17.7 Å². The second-order valence-electron chi connectivity index (χ2n) is 7.52. The van der Waals surface area contributed by atoms with Gasteiger partial charge in [-0.2, -0.15) is 0 Å². The number of rotatable bonds is 5. The molecule has 3 aromatic rings. The van der Waals surface area contributed by atoms with Crippen molar-refractivity contribution in [3.05, 3.63) is 106 Å². The maximum atomic E-state index is 13.5. The third-order valence-corrected chi connectivity index (χ3v) is 5.47. The van der Waals surface area contributed by atoms with Gasteiger partial charge >= 0.3 is 5.97 Å². The summed E-state index contributed by atoms with van der Waals surface area (Å²) in [4.78, 5) is 14.3. The van der Waals surface area contributed by atoms with E-state index in [-0.39, 0.29) is 11.8 Å². The summed E-state index contributed by atoms with van der Waals surface area (Å²) >= 11 is 0. The van der Waals surface area contributed by atoms with Gasteiger partial charge in [-0.15, -0.1) is 0 Å². The van der Waals surface area contributed by atoms with Gasteiger partial charge in [0.1, 0.15) is 5.82 Å². The molecule has 0 aromatic heterocycles. The van der Waals surface area contributed by atoms with Crippen molar-refractivity contribution in [2.24, 2.45) is 0 Å². The molecule has 0 saturated carbocycles. The van der Waals surface area contributed by atoms with Crippen LogP contribution in [0.4, 0.5) is 4.39 Å². The molecule has 4 heteroatoms. The Hall–Kier alpha value is -3.24. The first-order valence-electron chi connectivity index (χ1n) is 10.1. The number of methoxy groups -OCH3 is 1. The maximum absolute atomic E-state index is 13.5. The van der Waals surface area contributed by atoms with Gasteiger partial charge in [-0.3, -0.25) is 4.90 Å². The van der Waals surface area contributed by atoms with Crippen molar-refractivity contribution in [2.45, 2.75) is 13.0 Å². The van der Waals surface area contributed by atoms with Crippen LogP contribution in [0.25, 0.3) is 11.6 Å². The minimum Gasteiger partial charge on any atom is -0.465 e. The number of carbonyl (C=O) groups is 1. The summed E-state index contributed by atoms with van der Waals surface area (Å²) in [5, 5.41) is 0. The Balaban J connectivity index is 1.60. The molecule has 0 bridgehead atoms. The molecule has 152 valence electrons. The summed E-state index contributed by atoms with van der Waals surface area (Å²) in [5.41, 5.74) is 6.26. The van der Waals surface area contributed by atoms with Gasteiger partial charge in [-0.05, 0) is 64.6 Å². The first kappa shape index (κ1) is 20.0. The molecule has 0 fully saturated rings. The summed E-state index contributed by atoms with van der Waals surface area (Å²) in [6, 6.07) is 22.6. The summed E-state index contributed by atoms with van der Waals surface area (Å²) in [7, 11) is 1.40. The van der Waals surface area contributed by atoms with Crippen molar-refractivity contribution < 1.29 is 13.9 Å². The maximum Gasteiger partial charge on any atom is 0.337 e. The molecule has 30 heavy (non-hydrogen) atoms. The van der Waals surface area contributed by atoms with E-state index < -0.39 is 0 Å². The number of carbonyl (C=O) groups excluding carboxylic acids is 1. The smallest absolute Gasteiger partial charge is 0.337 e. The number of halogens is 1. The second kappa shape index (κ2) is 9.06. The fraction of sp³-hybridized carbons (Fsp3) is 0.192. The van der Waals surface area contributed by atoms with Gasteiger partial charge in [0.25, 0.3) is 0 Å². The zero-order valence-corrected chi connectivity index (χ0v) is 17.0. The Morgan fingerprint density at radius 3 is 2.47 bits per heavy atom. The van der Waals surface area contributed by atoms with Crippen LogP contribution < -0.4 is 0 Å². The lowest BCUT2D eigenvalue weighted by molar-refractivity contribution is 0.0600. The summed E-state index contributed by atoms with van der Waals surface area (Å²) < 4.78 is 18.3. The molecule has 3 nitrogen and oxygen atoms in total. The molecule has 1 aliphatic rings. The predicted molar refractivity (Wildman–Crippen MR) is 117 cm³/mol. The molecule has 0 unspecified atom stereocenters. The van der Waals surface area contributed by atoms with Gasteiger partial charge in [0, 0.05) is 19.6 Å². The Kier molecular flexibility index (Phi) is 6.05. The predicted octanol–water partition coefficient (Wildman–Crippen LogP) is 5.21. The number of esters is 1. The molecule has 1 aliphatic heterocycles. The molecule has 0 saturated heterocycles. The Bertz CT molecular complexity index is 1060. The van der Waals surface area contributed by atoms with E-state index >= 15 is 0 Å². The molecule has 0 radical (unpaired) electrons. The molecular formula is C26H24FNO2. The van der Waals surface area contributed by atoms with Gasteiger partial charge in [0.2, 0.25) is 0 Å². The highest BCUT2D eigenvalue weighted by atomic mass is 19.1. The molecule has 0 amide bonds. The van der Waals surface area contributed by atoms with Crippen molar-refractivity contribution in [1.82, 2.24) is 4.90 Å². The zero-order valence-electron chi connectivity index (χ0n) is 17.0. The first-order valence-corrected chi connectivity index (χ1v) is 10.1. The number of hydrogen-bond acceptors (Lipinski definition) is 3. The lowest BCUT2D eigenvalue weighted by Gasteiger charge is -2.30. The van der Waals surface area contributed by atoms with E-state index in [0.29, 0.717) is 5.56 Å². The zero-order chi connectivity index (χ0) is 20.9. The van der Waals surface area contributed by atoms with Gasteiger partial charge in [-0.1, -0.05) is 48.5 Å². The van der Waals surface area contributed by atoms with E-state index in [0.717, 1.165) is 48.3 Å². The number of hydrogen-bond donors (Lipinski definition) is 0. The number of fused-ring (bicyclic) bond motifs is 1. The van der Waals surface area contributed by atoms with E-state index in [4.69, 9.17) is 4.74 Å². The normalized spacial score (nSPS) is 14.3. The fourth-order valence-electron chi connectivity index (χ4n) is 3.87. The largest absolute Gasteiger partial charge is 0.465 e. The van der Waals surface area contributed by atoms with Crippen LogP contribution in [0.1, 0.15) is 32.6 Å². The molecule has 4 rings (SSSR count). The van der Waals surface area contributed by atoms with Gasteiger partial charge < -0.3 is 4.74 Å². The summed E-state index contributed by atoms with van der Waals surface area (Å²) in [6.07, 6.45) is 3.09. The quantitative estimate of drug-likeness (QED) is 0.434. The van der Waals surface area contributed by atoms with Crippen molar-refractivity contribution in [3.63, 3.8) is 0 Å². The standard InChI is InChI=1S/C26H24FNO2/c1-30-26(29)22-8-7-21-13-14-28(18-24(21)16-22)17-23(15-19-5-3-2-4-6-19)20-9-11-25(27)12-10-20/h2-12,15-16H,13-14,17-18H2,1H3/b23-15+. The van der Waals surface area contributed by atoms with E-state index in [1.807, 2.05) is 48.5 Å². The summed E-state index contributed by atoms with van der Waals surface area (Å²) in [5.74, 6) is -0.550. The van der Waals surface area contributed by atoms with Crippen molar-refractivity contribution in [2.75, 3.05) is 20.2 Å². The van der Waals surface area contributed by atoms with E-state index in [1.165, 1.54) is 24.8 Å². The number of nitrogens with zero attached hydrogens (tertiary/aromatic N) is 1. The molecule has 3 aromatic carbocycles. The van der Waals surface area contributed by atoms with Crippen molar-refractivity contribution in [3.8, 4) is 0 Å². The topological polar surface area (TPSA) is 29.5 Å². The van der Waals surface area contributed by atoms with Gasteiger partial charge in [0.05, 0.1) is 12.7 Å². The van der Waals surface area contributed by atoms with Crippen LogP contribution in [0.5, 0.6) is 0 Å². The minimum absolute atomic E-state index is 0.236. The monoisotopic (exact) mass is 401 g/mol. The van der Waals surface area contributed by atoms with Crippen LogP contribution in [0.15, 0.2) is 72.8 Å². The van der Waals surface area contributed by atoms with Crippen molar-refractivity contribution in [1.29, 1.82) is 0 Å². The Morgan fingerprint density at radius 2 is 1.73 bits per heavy atom. The highest BCUT2D eigenvalue weighted by Crippen LogP contribution is 2.25.